The van der Waals surface area contributed by atoms with Gasteiger partial charge in [-0.2, -0.15) is 0 Å². The molecular weight excluding hydrogens is 184 g/mol. The lowest BCUT2D eigenvalue weighted by Gasteiger charge is -2.34. The number of hydrogen-bond acceptors (Lipinski definition) is 0. The summed E-state index contributed by atoms with van der Waals surface area (Å²) < 4.78 is 1.23. The van der Waals surface area contributed by atoms with E-state index >= 15 is 0 Å². The Balaban J connectivity index is 0. The van der Waals surface area contributed by atoms with Gasteiger partial charge in [0.2, 0.25) is 0 Å². The number of nitrogens with zero attached hydrogens (tertiary/aromatic N) is 1. The highest BCUT2D eigenvalue weighted by Crippen LogP contribution is 2.05. The largest absolute Gasteiger partial charge is 0.354 e. The molecule has 0 aromatic carbocycles. The van der Waals surface area contributed by atoms with Crippen molar-refractivity contribution in [2.75, 3.05) is 32.7 Å². The van der Waals surface area contributed by atoms with Crippen molar-refractivity contribution >= 4 is 0 Å². The molecule has 0 radical (unpaired) electrons. The van der Waals surface area contributed by atoms with Crippen LogP contribution in [0.1, 0.15) is 27.7 Å². The first-order valence-corrected chi connectivity index (χ1v) is 6.02. The molecule has 0 atom stereocenters. The van der Waals surface area contributed by atoms with Gasteiger partial charge in [-0.15, -0.1) is 0 Å². The van der Waals surface area contributed by atoms with Crippen LogP contribution >= 0.6 is 0 Å². The quantitative estimate of drug-likeness (QED) is 0.516. The van der Waals surface area contributed by atoms with Crippen LogP contribution in [-0.4, -0.2) is 37.2 Å². The molecule has 0 aliphatic rings. The SMILES string of the molecule is C/C=C/C[N+](CC)(CC)CC.C=CC[NH3+]. The Morgan fingerprint density at radius 2 is 1.53 bits per heavy atom. The summed E-state index contributed by atoms with van der Waals surface area (Å²) in [6, 6.07) is 0. The first-order chi connectivity index (χ1) is 7.16. The van der Waals surface area contributed by atoms with Crippen molar-refractivity contribution in [3.05, 3.63) is 24.8 Å². The Morgan fingerprint density at radius 3 is 1.73 bits per heavy atom. The fourth-order valence-corrected chi connectivity index (χ4v) is 1.39. The average molecular weight is 214 g/mol. The van der Waals surface area contributed by atoms with Crippen LogP contribution in [0.5, 0.6) is 0 Å². The molecule has 0 rings (SSSR count). The fraction of sp³-hybridized carbons (Fsp3) is 0.692. The highest BCUT2D eigenvalue weighted by atomic mass is 15.3. The summed E-state index contributed by atoms with van der Waals surface area (Å²) in [6.45, 7) is 18.1. The first-order valence-electron chi connectivity index (χ1n) is 6.02. The van der Waals surface area contributed by atoms with Crippen LogP contribution < -0.4 is 5.73 Å². The van der Waals surface area contributed by atoms with E-state index in [0.717, 1.165) is 6.54 Å². The third-order valence-corrected chi connectivity index (χ3v) is 2.94. The molecule has 0 spiro atoms. The van der Waals surface area contributed by atoms with Gasteiger partial charge >= 0.3 is 0 Å². The summed E-state index contributed by atoms with van der Waals surface area (Å²) in [5.41, 5.74) is 3.49. The predicted octanol–water partition coefficient (Wildman–Crippen LogP) is 1.85. The van der Waals surface area contributed by atoms with Crippen LogP contribution in [0.4, 0.5) is 0 Å². The number of quaternary nitrogens is 2. The third kappa shape index (κ3) is 8.40. The fourth-order valence-electron chi connectivity index (χ4n) is 1.39. The standard InChI is InChI=1S/C10H22N.C3H7N/c1-5-9-10-11(6-2,7-3)8-4;1-2-3-4/h5,9H,6-8,10H2,1-4H3;2H,1,3-4H2/q+1;/p+1/b9-5+;. The third-order valence-electron chi connectivity index (χ3n) is 2.94. The van der Waals surface area contributed by atoms with E-state index in [4.69, 9.17) is 0 Å². The maximum atomic E-state index is 3.49. The van der Waals surface area contributed by atoms with Gasteiger partial charge in [0.15, 0.2) is 0 Å². The van der Waals surface area contributed by atoms with Crippen LogP contribution in [0.25, 0.3) is 0 Å². The van der Waals surface area contributed by atoms with Crippen LogP contribution in [0.2, 0.25) is 0 Å². The van der Waals surface area contributed by atoms with Crippen molar-refractivity contribution in [1.82, 2.24) is 0 Å². The summed E-state index contributed by atoms with van der Waals surface area (Å²) in [5.74, 6) is 0. The number of hydrogen-bond donors (Lipinski definition) is 1. The lowest BCUT2D eigenvalue weighted by atomic mass is 10.3. The zero-order chi connectivity index (χ0) is 12.2. The van der Waals surface area contributed by atoms with Crippen molar-refractivity contribution in [2.45, 2.75) is 27.7 Å². The zero-order valence-corrected chi connectivity index (χ0v) is 11.1. The van der Waals surface area contributed by atoms with Crippen LogP contribution in [0, 0.1) is 0 Å². The lowest BCUT2D eigenvalue weighted by Crippen LogP contribution is -2.48. The van der Waals surface area contributed by atoms with Gasteiger partial charge in [0.1, 0.15) is 0 Å². The summed E-state index contributed by atoms with van der Waals surface area (Å²) in [6.07, 6.45) is 6.18. The van der Waals surface area contributed by atoms with Gasteiger partial charge in [0.25, 0.3) is 0 Å². The predicted molar refractivity (Wildman–Crippen MR) is 69.5 cm³/mol. The molecule has 0 unspecified atom stereocenters. The molecule has 0 amide bonds. The minimum absolute atomic E-state index is 0.833. The maximum Gasteiger partial charge on any atom is 0.0973 e. The Morgan fingerprint density at radius 1 is 1.13 bits per heavy atom. The summed E-state index contributed by atoms with van der Waals surface area (Å²) >= 11 is 0. The van der Waals surface area contributed by atoms with Gasteiger partial charge in [-0.25, -0.2) is 0 Å². The number of likely N-dealkylation sites (N-methyl/N-ethyl adjacent to an activating group) is 1. The van der Waals surface area contributed by atoms with E-state index in [2.05, 4.69) is 52.2 Å². The van der Waals surface area contributed by atoms with E-state index in [1.165, 1.54) is 30.7 Å². The summed E-state index contributed by atoms with van der Waals surface area (Å²) in [5, 5.41) is 0. The van der Waals surface area contributed by atoms with Crippen molar-refractivity contribution in [2.24, 2.45) is 0 Å². The van der Waals surface area contributed by atoms with Gasteiger partial charge in [-0.1, -0.05) is 12.7 Å². The molecular formula is C13H30N2+2. The molecule has 3 N–H and O–H groups in total. The molecule has 0 heterocycles. The van der Waals surface area contributed by atoms with Crippen molar-refractivity contribution in [3.8, 4) is 0 Å². The smallest absolute Gasteiger partial charge is 0.0973 e. The normalized spacial score (nSPS) is 11.0. The zero-order valence-electron chi connectivity index (χ0n) is 11.1. The lowest BCUT2D eigenvalue weighted by molar-refractivity contribution is -0.917. The van der Waals surface area contributed by atoms with Crippen molar-refractivity contribution in [3.63, 3.8) is 0 Å². The highest BCUT2D eigenvalue weighted by Gasteiger charge is 2.17. The Hall–Kier alpha value is -0.600. The summed E-state index contributed by atoms with van der Waals surface area (Å²) in [7, 11) is 0. The molecule has 2 heteroatoms. The molecule has 0 fully saturated rings. The molecule has 15 heavy (non-hydrogen) atoms. The van der Waals surface area contributed by atoms with E-state index in [1.54, 1.807) is 6.08 Å². The Labute approximate surface area is 96.1 Å². The van der Waals surface area contributed by atoms with Crippen LogP contribution in [0.15, 0.2) is 24.8 Å². The minimum Gasteiger partial charge on any atom is -0.354 e. The number of allylic oxidation sites excluding steroid dienone is 1. The molecule has 0 saturated carbocycles. The van der Waals surface area contributed by atoms with Crippen LogP contribution in [0.3, 0.4) is 0 Å². The van der Waals surface area contributed by atoms with Gasteiger partial charge in [-0.3, -0.25) is 0 Å². The average Bonchev–Trinajstić information content (AvgIpc) is 2.32. The molecule has 0 aromatic heterocycles. The molecule has 90 valence electrons. The van der Waals surface area contributed by atoms with Crippen molar-refractivity contribution in [1.29, 1.82) is 0 Å². The van der Waals surface area contributed by atoms with E-state index in [0.29, 0.717) is 0 Å². The van der Waals surface area contributed by atoms with Crippen molar-refractivity contribution < 1.29 is 10.2 Å². The van der Waals surface area contributed by atoms with Gasteiger partial charge in [-0.05, 0) is 39.8 Å². The second-order valence-corrected chi connectivity index (χ2v) is 3.62. The van der Waals surface area contributed by atoms with Crippen LogP contribution in [-0.2, 0) is 0 Å². The minimum atomic E-state index is 0.833. The van der Waals surface area contributed by atoms with E-state index in [-0.39, 0.29) is 0 Å². The number of rotatable bonds is 6. The Kier molecular flexibility index (Phi) is 12.9. The van der Waals surface area contributed by atoms with Gasteiger partial charge in [0, 0.05) is 0 Å². The topological polar surface area (TPSA) is 27.6 Å². The van der Waals surface area contributed by atoms with Gasteiger partial charge in [0.05, 0.1) is 32.7 Å². The van der Waals surface area contributed by atoms with E-state index in [9.17, 15) is 0 Å². The molecule has 0 aliphatic heterocycles. The molecule has 2 nitrogen and oxygen atoms in total. The molecule has 0 bridgehead atoms. The molecule has 0 aromatic rings. The molecule has 0 saturated heterocycles. The van der Waals surface area contributed by atoms with E-state index < -0.39 is 0 Å². The monoisotopic (exact) mass is 214 g/mol. The summed E-state index contributed by atoms with van der Waals surface area (Å²) in [4.78, 5) is 0. The maximum absolute atomic E-state index is 3.49. The van der Waals surface area contributed by atoms with Gasteiger partial charge < -0.3 is 10.2 Å². The first kappa shape index (κ1) is 16.8. The second-order valence-electron chi connectivity index (χ2n) is 3.62. The highest BCUT2D eigenvalue weighted by molar-refractivity contribution is 4.76. The molecule has 0 aliphatic carbocycles. The Bertz CT molecular complexity index is 150. The second kappa shape index (κ2) is 11.5. The van der Waals surface area contributed by atoms with E-state index in [1.807, 2.05) is 0 Å².